The van der Waals surface area contributed by atoms with Crippen LogP contribution in [-0.2, 0) is 4.79 Å². The van der Waals surface area contributed by atoms with Crippen molar-refractivity contribution in [2.45, 2.75) is 64.5 Å². The molecule has 0 aromatic carbocycles. The van der Waals surface area contributed by atoms with Crippen LogP contribution in [0, 0.1) is 5.92 Å². The molecule has 1 N–H and O–H groups in total. The number of carbonyl (C=O) groups excluding carboxylic acids is 1. The molecule has 1 aliphatic carbocycles. The molecular formula is C13H24N2O. The first-order chi connectivity index (χ1) is 7.74. The lowest BCUT2D eigenvalue weighted by Gasteiger charge is -2.35. The topological polar surface area (TPSA) is 32.3 Å². The van der Waals surface area contributed by atoms with Gasteiger partial charge in [0.15, 0.2) is 0 Å². The van der Waals surface area contributed by atoms with Gasteiger partial charge in [-0.05, 0) is 25.2 Å². The van der Waals surface area contributed by atoms with E-state index in [0.29, 0.717) is 17.9 Å². The van der Waals surface area contributed by atoms with Crippen molar-refractivity contribution in [1.82, 2.24) is 10.2 Å². The van der Waals surface area contributed by atoms with Crippen molar-refractivity contribution in [3.05, 3.63) is 0 Å². The largest absolute Gasteiger partial charge is 0.325 e. The monoisotopic (exact) mass is 224 g/mol. The van der Waals surface area contributed by atoms with Crippen molar-refractivity contribution < 1.29 is 4.79 Å². The molecule has 16 heavy (non-hydrogen) atoms. The Morgan fingerprint density at radius 2 is 2.12 bits per heavy atom. The minimum Gasteiger partial charge on any atom is -0.325 e. The molecule has 2 fully saturated rings. The molecule has 3 nitrogen and oxygen atoms in total. The van der Waals surface area contributed by atoms with Crippen LogP contribution < -0.4 is 5.32 Å². The zero-order chi connectivity index (χ0) is 11.5. The fraction of sp³-hybridized carbons (Fsp3) is 0.923. The summed E-state index contributed by atoms with van der Waals surface area (Å²) < 4.78 is 0. The maximum absolute atomic E-state index is 12.2. The van der Waals surface area contributed by atoms with Gasteiger partial charge in [-0.3, -0.25) is 10.1 Å². The third kappa shape index (κ3) is 2.24. The van der Waals surface area contributed by atoms with Gasteiger partial charge in [-0.2, -0.15) is 0 Å². The quantitative estimate of drug-likeness (QED) is 0.796. The number of hydrogen-bond donors (Lipinski definition) is 1. The van der Waals surface area contributed by atoms with E-state index in [9.17, 15) is 4.79 Å². The fourth-order valence-corrected chi connectivity index (χ4v) is 3.13. The molecule has 3 heteroatoms. The van der Waals surface area contributed by atoms with Crippen molar-refractivity contribution >= 4 is 5.91 Å². The summed E-state index contributed by atoms with van der Waals surface area (Å²) in [6, 6.07) is 0.592. The van der Waals surface area contributed by atoms with Gasteiger partial charge in [-0.25, -0.2) is 0 Å². The van der Waals surface area contributed by atoms with Crippen LogP contribution in [0.15, 0.2) is 0 Å². The summed E-state index contributed by atoms with van der Waals surface area (Å²) in [7, 11) is 0. The zero-order valence-electron chi connectivity index (χ0n) is 10.5. The lowest BCUT2D eigenvalue weighted by Crippen LogP contribution is -2.43. The Morgan fingerprint density at radius 3 is 2.81 bits per heavy atom. The highest BCUT2D eigenvalue weighted by molar-refractivity contribution is 5.84. The van der Waals surface area contributed by atoms with Crippen LogP contribution in [0.2, 0.25) is 0 Å². The summed E-state index contributed by atoms with van der Waals surface area (Å²) in [5.74, 6) is 1.03. The van der Waals surface area contributed by atoms with Gasteiger partial charge in [0.2, 0.25) is 5.91 Å². The number of nitrogens with one attached hydrogen (secondary N) is 1. The lowest BCUT2D eigenvalue weighted by molar-refractivity contribution is -0.132. The van der Waals surface area contributed by atoms with E-state index >= 15 is 0 Å². The summed E-state index contributed by atoms with van der Waals surface area (Å²) in [5.41, 5.74) is 0. The summed E-state index contributed by atoms with van der Waals surface area (Å²) >= 11 is 0. The second kappa shape index (κ2) is 5.17. The van der Waals surface area contributed by atoms with Crippen LogP contribution in [0.4, 0.5) is 0 Å². The minimum absolute atomic E-state index is 0.0964. The normalized spacial score (nSPS) is 35.8. The summed E-state index contributed by atoms with van der Waals surface area (Å²) in [4.78, 5) is 14.3. The molecule has 1 amide bonds. The molecular weight excluding hydrogens is 200 g/mol. The van der Waals surface area contributed by atoms with E-state index in [1.807, 2.05) is 0 Å². The molecule has 2 aliphatic rings. The van der Waals surface area contributed by atoms with Crippen LogP contribution >= 0.6 is 0 Å². The van der Waals surface area contributed by atoms with E-state index in [2.05, 4.69) is 24.1 Å². The molecule has 1 aliphatic heterocycles. The Bertz CT molecular complexity index is 254. The average Bonchev–Trinajstić information content (AvgIpc) is 2.62. The van der Waals surface area contributed by atoms with Crippen molar-refractivity contribution in [3.63, 3.8) is 0 Å². The van der Waals surface area contributed by atoms with E-state index in [0.717, 1.165) is 19.5 Å². The van der Waals surface area contributed by atoms with Gasteiger partial charge >= 0.3 is 0 Å². The second-order valence-electron chi connectivity index (χ2n) is 5.34. The van der Waals surface area contributed by atoms with Crippen molar-refractivity contribution in [3.8, 4) is 0 Å². The van der Waals surface area contributed by atoms with Crippen LogP contribution in [0.5, 0.6) is 0 Å². The number of nitrogens with zero attached hydrogens (tertiary/aromatic N) is 1. The molecule has 0 aromatic heterocycles. The molecule has 0 radical (unpaired) electrons. The Morgan fingerprint density at radius 1 is 1.38 bits per heavy atom. The van der Waals surface area contributed by atoms with Gasteiger partial charge in [0, 0.05) is 6.04 Å². The maximum atomic E-state index is 12.2. The molecule has 1 saturated heterocycles. The third-order valence-corrected chi connectivity index (χ3v) is 4.13. The van der Waals surface area contributed by atoms with Crippen LogP contribution in [0.25, 0.3) is 0 Å². The number of rotatable bonds is 3. The number of carbonyl (C=O) groups is 1. The van der Waals surface area contributed by atoms with Gasteiger partial charge in [-0.15, -0.1) is 0 Å². The predicted molar refractivity (Wildman–Crippen MR) is 65.0 cm³/mol. The zero-order valence-corrected chi connectivity index (χ0v) is 10.5. The van der Waals surface area contributed by atoms with Gasteiger partial charge in [0.25, 0.3) is 0 Å². The third-order valence-electron chi connectivity index (χ3n) is 4.13. The van der Waals surface area contributed by atoms with Gasteiger partial charge in [0.1, 0.15) is 0 Å². The van der Waals surface area contributed by atoms with E-state index in [4.69, 9.17) is 0 Å². The number of hydrogen-bond acceptors (Lipinski definition) is 2. The molecule has 2 rings (SSSR count). The highest BCUT2D eigenvalue weighted by Gasteiger charge is 2.37. The molecule has 1 saturated carbocycles. The van der Waals surface area contributed by atoms with Crippen LogP contribution in [0.3, 0.4) is 0 Å². The van der Waals surface area contributed by atoms with Crippen LogP contribution in [0.1, 0.15) is 52.4 Å². The standard InChI is InChI=1S/C13H24N2O/c1-3-6-11-13(16)15(9-14-11)12-8-5-4-7-10(12)2/h10-12,14H,3-9H2,1-2H3. The molecule has 92 valence electrons. The SMILES string of the molecule is CCCC1NCN(C2CCCCC2C)C1=O. The Labute approximate surface area is 98.6 Å². The maximum Gasteiger partial charge on any atom is 0.241 e. The highest BCUT2D eigenvalue weighted by atomic mass is 16.2. The van der Waals surface area contributed by atoms with Crippen molar-refractivity contribution in [2.24, 2.45) is 5.92 Å². The predicted octanol–water partition coefficient (Wildman–Crippen LogP) is 2.12. The van der Waals surface area contributed by atoms with E-state index in [1.54, 1.807) is 0 Å². The fourth-order valence-electron chi connectivity index (χ4n) is 3.13. The summed E-state index contributed by atoms with van der Waals surface area (Å²) in [5, 5.41) is 3.35. The lowest BCUT2D eigenvalue weighted by atomic mass is 9.85. The summed E-state index contributed by atoms with van der Waals surface area (Å²) in [6.07, 6.45) is 7.18. The smallest absolute Gasteiger partial charge is 0.241 e. The Balaban J connectivity index is 1.97. The average molecular weight is 224 g/mol. The highest BCUT2D eigenvalue weighted by Crippen LogP contribution is 2.29. The number of amides is 1. The first-order valence-corrected chi connectivity index (χ1v) is 6.78. The Kier molecular flexibility index (Phi) is 3.85. The molecule has 0 aromatic rings. The van der Waals surface area contributed by atoms with E-state index < -0.39 is 0 Å². The first-order valence-electron chi connectivity index (χ1n) is 6.78. The molecule has 3 unspecified atom stereocenters. The molecule has 0 bridgehead atoms. The Hall–Kier alpha value is -0.570. The van der Waals surface area contributed by atoms with Crippen LogP contribution in [-0.4, -0.2) is 29.6 Å². The van der Waals surface area contributed by atoms with Gasteiger partial charge in [0.05, 0.1) is 12.7 Å². The van der Waals surface area contributed by atoms with E-state index in [-0.39, 0.29) is 6.04 Å². The summed E-state index contributed by atoms with van der Waals surface area (Å²) in [6.45, 7) is 5.21. The molecule has 1 heterocycles. The molecule has 3 atom stereocenters. The van der Waals surface area contributed by atoms with E-state index in [1.165, 1.54) is 25.7 Å². The van der Waals surface area contributed by atoms with Gasteiger partial charge in [-0.1, -0.05) is 33.1 Å². The molecule has 0 spiro atoms. The van der Waals surface area contributed by atoms with Gasteiger partial charge < -0.3 is 4.90 Å². The minimum atomic E-state index is 0.0964. The second-order valence-corrected chi connectivity index (χ2v) is 5.34. The first kappa shape index (κ1) is 11.9. The van der Waals surface area contributed by atoms with Crippen molar-refractivity contribution in [2.75, 3.05) is 6.67 Å². The van der Waals surface area contributed by atoms with Crippen molar-refractivity contribution in [1.29, 1.82) is 0 Å².